The van der Waals surface area contributed by atoms with Gasteiger partial charge in [-0.05, 0) is 13.0 Å². The maximum absolute atomic E-state index is 7.51. The molecule has 0 unspecified atom stereocenters. The van der Waals surface area contributed by atoms with Crippen LogP contribution in [0.5, 0.6) is 0 Å². The molecule has 0 bridgehead atoms. The number of nitrogens with two attached hydrogens (primary N) is 1. The molecule has 0 spiro atoms. The minimum atomic E-state index is -0.0827. The van der Waals surface area contributed by atoms with Crippen LogP contribution in [0.4, 0.5) is 0 Å². The normalized spacial score (nSPS) is 11.7. The van der Waals surface area contributed by atoms with Crippen LogP contribution < -0.4 is 5.73 Å². The van der Waals surface area contributed by atoms with E-state index in [9.17, 15) is 0 Å². The second-order valence-electron chi connectivity index (χ2n) is 3.55. The molecule has 0 aliphatic heterocycles. The molecule has 0 amide bonds. The van der Waals surface area contributed by atoms with Gasteiger partial charge < -0.3 is 11.1 Å². The third-order valence-electron chi connectivity index (χ3n) is 1.18. The molecule has 2 nitrogen and oxygen atoms in total. The SMILES string of the molecule is C/C(N)=C/C(=N)C(C)(C)C.CC. The molecule has 0 aliphatic carbocycles. The predicted octanol–water partition coefficient (Wildman–Crippen LogP) is 2.94. The average molecular weight is 170 g/mol. The van der Waals surface area contributed by atoms with Gasteiger partial charge in [0.15, 0.2) is 0 Å². The van der Waals surface area contributed by atoms with E-state index in [1.807, 2.05) is 34.6 Å². The lowest BCUT2D eigenvalue weighted by Crippen LogP contribution is -2.17. The maximum Gasteiger partial charge on any atom is 0.0384 e. The van der Waals surface area contributed by atoms with E-state index in [2.05, 4.69) is 0 Å². The van der Waals surface area contributed by atoms with Crippen LogP contribution >= 0.6 is 0 Å². The smallest absolute Gasteiger partial charge is 0.0384 e. The molecule has 12 heavy (non-hydrogen) atoms. The Hall–Kier alpha value is -0.790. The summed E-state index contributed by atoms with van der Waals surface area (Å²) in [6.07, 6.45) is 1.69. The number of hydrogen-bond donors (Lipinski definition) is 2. The Morgan fingerprint density at radius 1 is 1.25 bits per heavy atom. The molecule has 0 atom stereocenters. The minimum absolute atomic E-state index is 0.0827. The van der Waals surface area contributed by atoms with E-state index in [0.717, 1.165) is 0 Å². The van der Waals surface area contributed by atoms with E-state index >= 15 is 0 Å². The number of allylic oxidation sites excluding steroid dienone is 2. The van der Waals surface area contributed by atoms with Gasteiger partial charge in [0.05, 0.1) is 0 Å². The van der Waals surface area contributed by atoms with Crippen molar-refractivity contribution in [3.05, 3.63) is 11.8 Å². The summed E-state index contributed by atoms with van der Waals surface area (Å²) in [5, 5.41) is 7.51. The summed E-state index contributed by atoms with van der Waals surface area (Å²) in [6, 6.07) is 0. The van der Waals surface area contributed by atoms with E-state index in [1.54, 1.807) is 13.0 Å². The fraction of sp³-hybridized carbons (Fsp3) is 0.700. The molecule has 0 heterocycles. The third-order valence-corrected chi connectivity index (χ3v) is 1.18. The van der Waals surface area contributed by atoms with Gasteiger partial charge in [-0.15, -0.1) is 0 Å². The van der Waals surface area contributed by atoms with E-state index in [-0.39, 0.29) is 5.41 Å². The molecule has 0 aromatic carbocycles. The zero-order chi connectivity index (χ0) is 10.4. The zero-order valence-electron chi connectivity index (χ0n) is 9.15. The van der Waals surface area contributed by atoms with Crippen molar-refractivity contribution in [3.8, 4) is 0 Å². The first kappa shape index (κ1) is 13.8. The lowest BCUT2D eigenvalue weighted by molar-refractivity contribution is 0.590. The Morgan fingerprint density at radius 2 is 1.58 bits per heavy atom. The minimum Gasteiger partial charge on any atom is -0.402 e. The molecule has 0 radical (unpaired) electrons. The van der Waals surface area contributed by atoms with Crippen LogP contribution in [0, 0.1) is 10.8 Å². The summed E-state index contributed by atoms with van der Waals surface area (Å²) >= 11 is 0. The van der Waals surface area contributed by atoms with Crippen molar-refractivity contribution in [2.75, 3.05) is 0 Å². The molecular weight excluding hydrogens is 148 g/mol. The van der Waals surface area contributed by atoms with Gasteiger partial charge in [-0.2, -0.15) is 0 Å². The molecule has 0 fully saturated rings. The van der Waals surface area contributed by atoms with Crippen LogP contribution in [0.2, 0.25) is 0 Å². The van der Waals surface area contributed by atoms with Crippen LogP contribution in [-0.4, -0.2) is 5.71 Å². The highest BCUT2D eigenvalue weighted by molar-refractivity contribution is 5.96. The number of rotatable bonds is 1. The van der Waals surface area contributed by atoms with Crippen molar-refractivity contribution in [2.45, 2.75) is 41.5 Å². The fourth-order valence-corrected chi connectivity index (χ4v) is 0.444. The zero-order valence-corrected chi connectivity index (χ0v) is 9.15. The molecule has 2 heteroatoms. The summed E-state index contributed by atoms with van der Waals surface area (Å²) < 4.78 is 0. The quantitative estimate of drug-likeness (QED) is 0.584. The van der Waals surface area contributed by atoms with Gasteiger partial charge in [0.25, 0.3) is 0 Å². The Balaban J connectivity index is 0. The molecule has 0 aliphatic rings. The van der Waals surface area contributed by atoms with Gasteiger partial charge in [0.2, 0.25) is 0 Å². The van der Waals surface area contributed by atoms with Crippen molar-refractivity contribution in [3.63, 3.8) is 0 Å². The molecule has 0 saturated carbocycles. The standard InChI is InChI=1S/C8H16N2.C2H6/c1-6(9)5-7(10)8(2,3)4;1-2/h5,10H,9H2,1-4H3;1-2H3/b6-5-,10-7?;. The van der Waals surface area contributed by atoms with Crippen LogP contribution in [0.3, 0.4) is 0 Å². The molecule has 0 aromatic rings. The summed E-state index contributed by atoms with van der Waals surface area (Å²) in [7, 11) is 0. The Bertz CT molecular complexity index is 157. The maximum atomic E-state index is 7.51. The highest BCUT2D eigenvalue weighted by atomic mass is 14.6. The molecule has 0 aromatic heterocycles. The summed E-state index contributed by atoms with van der Waals surface area (Å²) in [6.45, 7) is 11.8. The third kappa shape index (κ3) is 7.32. The molecule has 0 rings (SSSR count). The summed E-state index contributed by atoms with van der Waals surface area (Å²) in [5.74, 6) is 0. The molecule has 3 N–H and O–H groups in total. The number of hydrogen-bond acceptors (Lipinski definition) is 2. The van der Waals surface area contributed by atoms with Crippen molar-refractivity contribution in [1.29, 1.82) is 5.41 Å². The summed E-state index contributed by atoms with van der Waals surface area (Å²) in [5.41, 5.74) is 6.60. The van der Waals surface area contributed by atoms with E-state index in [1.165, 1.54) is 0 Å². The lowest BCUT2D eigenvalue weighted by atomic mass is 9.90. The van der Waals surface area contributed by atoms with E-state index in [4.69, 9.17) is 11.1 Å². The second kappa shape index (κ2) is 5.81. The van der Waals surface area contributed by atoms with E-state index in [0.29, 0.717) is 11.4 Å². The van der Waals surface area contributed by atoms with Crippen LogP contribution in [0.15, 0.2) is 11.8 Å². The Morgan fingerprint density at radius 3 is 1.67 bits per heavy atom. The van der Waals surface area contributed by atoms with Crippen molar-refractivity contribution >= 4 is 5.71 Å². The largest absolute Gasteiger partial charge is 0.402 e. The van der Waals surface area contributed by atoms with Gasteiger partial charge in [0, 0.05) is 16.8 Å². The van der Waals surface area contributed by atoms with Crippen LogP contribution in [-0.2, 0) is 0 Å². The van der Waals surface area contributed by atoms with Gasteiger partial charge in [-0.25, -0.2) is 0 Å². The first-order chi connectivity index (χ1) is 5.34. The Labute approximate surface area is 76.4 Å². The van der Waals surface area contributed by atoms with Crippen LogP contribution in [0.25, 0.3) is 0 Å². The lowest BCUT2D eigenvalue weighted by Gasteiger charge is -2.16. The summed E-state index contributed by atoms with van der Waals surface area (Å²) in [4.78, 5) is 0. The molecule has 0 saturated heterocycles. The van der Waals surface area contributed by atoms with Crippen LogP contribution in [0.1, 0.15) is 41.5 Å². The first-order valence-corrected chi connectivity index (χ1v) is 4.37. The topological polar surface area (TPSA) is 49.9 Å². The highest BCUT2D eigenvalue weighted by Gasteiger charge is 2.14. The molecule has 72 valence electrons. The van der Waals surface area contributed by atoms with Gasteiger partial charge in [-0.3, -0.25) is 0 Å². The number of nitrogens with one attached hydrogen (secondary N) is 1. The van der Waals surface area contributed by atoms with Crippen molar-refractivity contribution < 1.29 is 0 Å². The monoisotopic (exact) mass is 170 g/mol. The first-order valence-electron chi connectivity index (χ1n) is 4.37. The van der Waals surface area contributed by atoms with E-state index < -0.39 is 0 Å². The predicted molar refractivity (Wildman–Crippen MR) is 56.5 cm³/mol. The van der Waals surface area contributed by atoms with Crippen molar-refractivity contribution in [1.82, 2.24) is 0 Å². The second-order valence-corrected chi connectivity index (χ2v) is 3.55. The highest BCUT2D eigenvalue weighted by Crippen LogP contribution is 2.15. The van der Waals surface area contributed by atoms with Gasteiger partial charge in [-0.1, -0.05) is 34.6 Å². The van der Waals surface area contributed by atoms with Crippen molar-refractivity contribution in [2.24, 2.45) is 11.1 Å². The fourth-order valence-electron chi connectivity index (χ4n) is 0.444. The van der Waals surface area contributed by atoms with Gasteiger partial charge in [0.1, 0.15) is 0 Å². The molecular formula is C10H22N2. The van der Waals surface area contributed by atoms with Gasteiger partial charge >= 0.3 is 0 Å². The Kier molecular flexibility index (Phi) is 6.67. The average Bonchev–Trinajstić information content (AvgIpc) is 1.88.